The van der Waals surface area contributed by atoms with E-state index in [0.29, 0.717) is 0 Å². The number of hydrogen-bond acceptors (Lipinski definition) is 3. The molecular formula is C13H12OS2. The largest absolute Gasteiger partial charge is 0.289 e. The number of fused-ring (bicyclic) bond motifs is 1. The van der Waals surface area contributed by atoms with Gasteiger partial charge in [-0.05, 0) is 23.5 Å². The van der Waals surface area contributed by atoms with Gasteiger partial charge in [0, 0.05) is 21.8 Å². The van der Waals surface area contributed by atoms with Gasteiger partial charge in [-0.25, -0.2) is 0 Å². The molecular weight excluding hydrogens is 236 g/mol. The first-order valence-electron chi connectivity index (χ1n) is 5.47. The van der Waals surface area contributed by atoms with Crippen LogP contribution in [0.25, 0.3) is 0 Å². The molecule has 1 saturated heterocycles. The number of hydrogen-bond donors (Lipinski definition) is 0. The van der Waals surface area contributed by atoms with Crippen LogP contribution in [0.4, 0.5) is 0 Å². The van der Waals surface area contributed by atoms with E-state index in [0.717, 1.165) is 29.1 Å². The fourth-order valence-electron chi connectivity index (χ4n) is 2.10. The summed E-state index contributed by atoms with van der Waals surface area (Å²) in [6, 6.07) is 7.98. The predicted octanol–water partition coefficient (Wildman–Crippen LogP) is 3.51. The van der Waals surface area contributed by atoms with E-state index in [9.17, 15) is 4.79 Å². The summed E-state index contributed by atoms with van der Waals surface area (Å²) in [7, 11) is 0. The molecule has 1 aromatic rings. The van der Waals surface area contributed by atoms with E-state index < -0.39 is 0 Å². The molecule has 1 nitrogen and oxygen atoms in total. The lowest BCUT2D eigenvalue weighted by Crippen LogP contribution is -2.01. The van der Waals surface area contributed by atoms with E-state index in [-0.39, 0.29) is 5.78 Å². The van der Waals surface area contributed by atoms with Gasteiger partial charge in [-0.15, -0.1) is 23.5 Å². The second kappa shape index (κ2) is 4.30. The van der Waals surface area contributed by atoms with Crippen molar-refractivity contribution >= 4 is 29.3 Å². The van der Waals surface area contributed by atoms with Crippen molar-refractivity contribution in [1.82, 2.24) is 0 Å². The van der Waals surface area contributed by atoms with Crippen molar-refractivity contribution in [3.63, 3.8) is 0 Å². The molecule has 1 aromatic carbocycles. The Morgan fingerprint density at radius 2 is 1.81 bits per heavy atom. The van der Waals surface area contributed by atoms with Crippen molar-refractivity contribution in [3.05, 3.63) is 45.2 Å². The Kier molecular flexibility index (Phi) is 2.82. The molecule has 3 rings (SSSR count). The standard InChI is InChI=1S/C13H12OS2/c14-12-10-5-2-1-4-9(10)8-11(12)13-15-6-3-7-16-13/h1-2,4-5H,3,6-8H2. The fraction of sp³-hybridized carbons (Fsp3) is 0.308. The molecule has 0 amide bonds. The normalized spacial score (nSPS) is 20.1. The van der Waals surface area contributed by atoms with Gasteiger partial charge in [0.1, 0.15) is 0 Å². The second-order valence-electron chi connectivity index (χ2n) is 3.98. The van der Waals surface area contributed by atoms with Crippen LogP contribution in [0.5, 0.6) is 0 Å². The molecule has 0 saturated carbocycles. The van der Waals surface area contributed by atoms with Gasteiger partial charge in [0.2, 0.25) is 0 Å². The number of thioether (sulfide) groups is 2. The van der Waals surface area contributed by atoms with Crippen LogP contribution < -0.4 is 0 Å². The molecule has 1 aliphatic heterocycles. The van der Waals surface area contributed by atoms with Crippen molar-refractivity contribution < 1.29 is 4.79 Å². The third kappa shape index (κ3) is 1.72. The number of carbonyl (C=O) groups excluding carboxylic acids is 1. The van der Waals surface area contributed by atoms with Gasteiger partial charge < -0.3 is 0 Å². The van der Waals surface area contributed by atoms with E-state index in [1.165, 1.54) is 16.2 Å². The van der Waals surface area contributed by atoms with Gasteiger partial charge in [0.25, 0.3) is 0 Å². The van der Waals surface area contributed by atoms with Gasteiger partial charge >= 0.3 is 0 Å². The topological polar surface area (TPSA) is 17.1 Å². The summed E-state index contributed by atoms with van der Waals surface area (Å²) in [6.07, 6.45) is 2.09. The number of allylic oxidation sites excluding steroid dienone is 1. The van der Waals surface area contributed by atoms with E-state index >= 15 is 0 Å². The van der Waals surface area contributed by atoms with Gasteiger partial charge in [-0.1, -0.05) is 24.3 Å². The molecule has 0 spiro atoms. The Morgan fingerprint density at radius 3 is 2.56 bits per heavy atom. The molecule has 16 heavy (non-hydrogen) atoms. The summed E-state index contributed by atoms with van der Waals surface area (Å²) < 4.78 is 1.27. The first-order valence-corrected chi connectivity index (χ1v) is 7.45. The van der Waals surface area contributed by atoms with Crippen LogP contribution in [0, 0.1) is 0 Å². The van der Waals surface area contributed by atoms with Crippen molar-refractivity contribution in [3.8, 4) is 0 Å². The minimum absolute atomic E-state index is 0.257. The minimum Gasteiger partial charge on any atom is -0.289 e. The Labute approximate surface area is 104 Å². The van der Waals surface area contributed by atoms with Crippen LogP contribution in [0.2, 0.25) is 0 Å². The highest BCUT2D eigenvalue weighted by Crippen LogP contribution is 2.41. The Hall–Kier alpha value is -0.670. The zero-order chi connectivity index (χ0) is 11.0. The zero-order valence-electron chi connectivity index (χ0n) is 8.86. The molecule has 2 aliphatic rings. The molecule has 1 aliphatic carbocycles. The lowest BCUT2D eigenvalue weighted by atomic mass is 10.1. The number of ketones is 1. The number of carbonyl (C=O) groups is 1. The van der Waals surface area contributed by atoms with Crippen LogP contribution in [0.1, 0.15) is 22.3 Å². The fourth-order valence-corrected chi connectivity index (χ4v) is 4.74. The third-order valence-electron chi connectivity index (χ3n) is 2.90. The van der Waals surface area contributed by atoms with Crippen molar-refractivity contribution in [1.29, 1.82) is 0 Å². The molecule has 0 radical (unpaired) electrons. The van der Waals surface area contributed by atoms with Crippen LogP contribution >= 0.6 is 23.5 Å². The number of benzene rings is 1. The average Bonchev–Trinajstić information content (AvgIpc) is 2.69. The maximum Gasteiger partial charge on any atom is 0.191 e. The van der Waals surface area contributed by atoms with E-state index in [1.807, 2.05) is 41.7 Å². The molecule has 1 heterocycles. The Balaban J connectivity index is 2.00. The molecule has 0 aromatic heterocycles. The Morgan fingerprint density at radius 1 is 1.06 bits per heavy atom. The lowest BCUT2D eigenvalue weighted by molar-refractivity contribution is 0.103. The quantitative estimate of drug-likeness (QED) is 0.654. The summed E-state index contributed by atoms with van der Waals surface area (Å²) in [4.78, 5) is 12.2. The van der Waals surface area contributed by atoms with Gasteiger partial charge in [0.05, 0.1) is 0 Å². The van der Waals surface area contributed by atoms with Gasteiger partial charge in [-0.3, -0.25) is 4.79 Å². The highest BCUT2D eigenvalue weighted by atomic mass is 32.2. The summed E-state index contributed by atoms with van der Waals surface area (Å²) in [6.45, 7) is 0. The van der Waals surface area contributed by atoms with Crippen LogP contribution in [0.15, 0.2) is 34.1 Å². The Bertz CT molecular complexity index is 469. The molecule has 1 fully saturated rings. The van der Waals surface area contributed by atoms with Crippen molar-refractivity contribution in [2.75, 3.05) is 11.5 Å². The molecule has 0 unspecified atom stereocenters. The summed E-state index contributed by atoms with van der Waals surface area (Å²) >= 11 is 3.71. The predicted molar refractivity (Wildman–Crippen MR) is 71.0 cm³/mol. The van der Waals surface area contributed by atoms with Crippen LogP contribution in [-0.4, -0.2) is 17.3 Å². The smallest absolute Gasteiger partial charge is 0.191 e. The third-order valence-corrected chi connectivity index (χ3v) is 5.61. The summed E-state index contributed by atoms with van der Waals surface area (Å²) in [5.41, 5.74) is 3.15. The van der Waals surface area contributed by atoms with Crippen LogP contribution in [0.3, 0.4) is 0 Å². The molecule has 0 bridgehead atoms. The van der Waals surface area contributed by atoms with Crippen LogP contribution in [-0.2, 0) is 6.42 Å². The minimum atomic E-state index is 0.257. The first kappa shape index (κ1) is 10.5. The van der Waals surface area contributed by atoms with E-state index in [1.54, 1.807) is 0 Å². The second-order valence-corrected chi connectivity index (χ2v) is 6.45. The number of Topliss-reactive ketones (excluding diaryl/α,β-unsaturated/α-hetero) is 1. The van der Waals surface area contributed by atoms with Gasteiger partial charge in [-0.2, -0.15) is 0 Å². The van der Waals surface area contributed by atoms with Gasteiger partial charge in [0.15, 0.2) is 5.78 Å². The SMILES string of the molecule is O=C1C(=C2SCCCS2)Cc2ccccc21. The highest BCUT2D eigenvalue weighted by Gasteiger charge is 2.28. The summed E-state index contributed by atoms with van der Waals surface area (Å²) in [5, 5.41) is 0. The first-order chi connectivity index (χ1) is 7.86. The monoisotopic (exact) mass is 248 g/mol. The maximum absolute atomic E-state index is 12.2. The van der Waals surface area contributed by atoms with Crippen molar-refractivity contribution in [2.24, 2.45) is 0 Å². The maximum atomic E-state index is 12.2. The molecule has 0 N–H and O–H groups in total. The lowest BCUT2D eigenvalue weighted by Gasteiger charge is -2.14. The van der Waals surface area contributed by atoms with E-state index in [2.05, 4.69) is 6.07 Å². The van der Waals surface area contributed by atoms with E-state index in [4.69, 9.17) is 0 Å². The highest BCUT2D eigenvalue weighted by molar-refractivity contribution is 8.22. The van der Waals surface area contributed by atoms with Crippen molar-refractivity contribution in [2.45, 2.75) is 12.8 Å². The average molecular weight is 248 g/mol. The zero-order valence-corrected chi connectivity index (χ0v) is 10.5. The summed E-state index contributed by atoms with van der Waals surface area (Å²) in [5.74, 6) is 2.58. The molecule has 0 atom stereocenters. The molecule has 3 heteroatoms. The number of rotatable bonds is 0. The molecule has 82 valence electrons.